The minimum Gasteiger partial charge on any atom is -0.492 e. The molecule has 1 saturated heterocycles. The van der Waals surface area contributed by atoms with Crippen LogP contribution in [0.25, 0.3) is 32.9 Å². The fraction of sp³-hybridized carbons (Fsp3) is 0.357. The molecule has 0 amide bonds. The number of likely N-dealkylation sites (tertiary alicyclic amines) is 1. The molecule has 0 saturated carbocycles. The van der Waals surface area contributed by atoms with Crippen molar-refractivity contribution in [2.24, 2.45) is 0 Å². The first-order chi connectivity index (χ1) is 16.5. The van der Waals surface area contributed by atoms with Gasteiger partial charge in [0.2, 0.25) is 5.90 Å². The van der Waals surface area contributed by atoms with Crippen molar-refractivity contribution in [3.63, 3.8) is 0 Å². The minimum atomic E-state index is 0. The quantitative estimate of drug-likeness (QED) is 0.203. The van der Waals surface area contributed by atoms with Gasteiger partial charge < -0.3 is 9.47 Å². The molecule has 192 valence electrons. The van der Waals surface area contributed by atoms with Gasteiger partial charge >= 0.3 is 0 Å². The van der Waals surface area contributed by atoms with Crippen LogP contribution in [0.5, 0.6) is 5.75 Å². The van der Waals surface area contributed by atoms with Crippen molar-refractivity contribution >= 4 is 52.4 Å². The molecule has 0 bridgehead atoms. The molecular formula is C28H34Cl2N4O2. The van der Waals surface area contributed by atoms with Gasteiger partial charge in [0.1, 0.15) is 12.4 Å². The van der Waals surface area contributed by atoms with Crippen LogP contribution < -0.4 is 4.74 Å². The van der Waals surface area contributed by atoms with Gasteiger partial charge in [0.25, 0.3) is 0 Å². The number of ether oxygens (including phenoxy) is 2. The lowest BCUT2D eigenvalue weighted by Gasteiger charge is -2.25. The molecule has 1 aliphatic heterocycles. The summed E-state index contributed by atoms with van der Waals surface area (Å²) in [5, 5.41) is 19.0. The maximum atomic E-state index is 8.11. The molecule has 5 rings (SSSR count). The standard InChI is InChI=1S/C28H32N4O2.2ClH/c1-4-33-28(29)23-10-12-26-25(17-23)27(31-30-26)22-8-7-21-16-24(11-9-20(21)15-22)34-14-13-32-18(2)5-6-19(32)3;;/h7-12,15-19,29H,4-6,13-14H2,1-3H3,(H,30,31);2*1H. The van der Waals surface area contributed by atoms with Gasteiger partial charge in [0.05, 0.1) is 17.8 Å². The molecule has 1 aliphatic rings. The Morgan fingerprint density at radius 1 is 1.00 bits per heavy atom. The van der Waals surface area contributed by atoms with E-state index in [0.29, 0.717) is 25.3 Å². The van der Waals surface area contributed by atoms with E-state index in [-0.39, 0.29) is 30.7 Å². The second-order valence-corrected chi connectivity index (χ2v) is 9.18. The molecule has 2 N–H and O–H groups in total. The Balaban J connectivity index is 0.00000180. The number of rotatable bonds is 7. The average molecular weight is 530 g/mol. The average Bonchev–Trinajstić information content (AvgIpc) is 3.41. The molecule has 1 aromatic heterocycles. The predicted octanol–water partition coefficient (Wildman–Crippen LogP) is 6.84. The molecule has 6 nitrogen and oxygen atoms in total. The highest BCUT2D eigenvalue weighted by molar-refractivity contribution is 6.01. The van der Waals surface area contributed by atoms with E-state index in [1.54, 1.807) is 0 Å². The summed E-state index contributed by atoms with van der Waals surface area (Å²) in [7, 11) is 0. The monoisotopic (exact) mass is 528 g/mol. The Morgan fingerprint density at radius 3 is 2.47 bits per heavy atom. The van der Waals surface area contributed by atoms with Gasteiger partial charge in [0.15, 0.2) is 0 Å². The largest absolute Gasteiger partial charge is 0.492 e. The van der Waals surface area contributed by atoms with Crippen molar-refractivity contribution in [2.75, 3.05) is 19.8 Å². The maximum absolute atomic E-state index is 8.11. The van der Waals surface area contributed by atoms with Gasteiger partial charge in [-0.2, -0.15) is 5.10 Å². The number of hydrogen-bond acceptors (Lipinski definition) is 5. The van der Waals surface area contributed by atoms with E-state index in [4.69, 9.17) is 14.9 Å². The first-order valence-corrected chi connectivity index (χ1v) is 12.2. The van der Waals surface area contributed by atoms with Crippen LogP contribution in [-0.4, -0.2) is 52.8 Å². The molecule has 4 aromatic rings. The van der Waals surface area contributed by atoms with E-state index < -0.39 is 0 Å². The number of nitrogens with zero attached hydrogens (tertiary/aromatic N) is 2. The zero-order valence-electron chi connectivity index (χ0n) is 20.9. The molecular weight excluding hydrogens is 495 g/mol. The van der Waals surface area contributed by atoms with Crippen LogP contribution in [0.3, 0.4) is 0 Å². The van der Waals surface area contributed by atoms with Crippen molar-refractivity contribution < 1.29 is 9.47 Å². The zero-order valence-corrected chi connectivity index (χ0v) is 22.5. The summed E-state index contributed by atoms with van der Waals surface area (Å²) in [5.41, 5.74) is 3.59. The van der Waals surface area contributed by atoms with Crippen molar-refractivity contribution in [3.05, 3.63) is 60.2 Å². The first-order valence-electron chi connectivity index (χ1n) is 12.2. The van der Waals surface area contributed by atoms with E-state index in [1.165, 1.54) is 12.8 Å². The number of H-pyrrole nitrogens is 1. The molecule has 2 heterocycles. The number of aromatic nitrogens is 2. The van der Waals surface area contributed by atoms with Crippen molar-refractivity contribution in [2.45, 2.75) is 45.7 Å². The van der Waals surface area contributed by atoms with Gasteiger partial charge in [-0.1, -0.05) is 18.2 Å². The van der Waals surface area contributed by atoms with Crippen molar-refractivity contribution in [3.8, 4) is 17.0 Å². The highest BCUT2D eigenvalue weighted by atomic mass is 35.5. The third-order valence-electron chi connectivity index (χ3n) is 6.95. The fourth-order valence-corrected chi connectivity index (χ4v) is 5.02. The SMILES string of the molecule is CCOC(=N)c1ccc2[nH]nc(-c3ccc4cc(OCCN5C(C)CCC5C)ccc4c3)c2c1.Cl.Cl. The van der Waals surface area contributed by atoms with Crippen LogP contribution in [0.2, 0.25) is 0 Å². The van der Waals surface area contributed by atoms with Crippen LogP contribution in [0, 0.1) is 5.41 Å². The highest BCUT2D eigenvalue weighted by Crippen LogP contribution is 2.31. The second-order valence-electron chi connectivity index (χ2n) is 9.18. The Morgan fingerprint density at radius 2 is 1.72 bits per heavy atom. The van der Waals surface area contributed by atoms with E-state index in [1.807, 2.05) is 31.2 Å². The van der Waals surface area contributed by atoms with Crippen LogP contribution >= 0.6 is 24.8 Å². The normalized spacial score (nSPS) is 17.5. The molecule has 0 spiro atoms. The Hall–Kier alpha value is -2.80. The van der Waals surface area contributed by atoms with E-state index in [2.05, 4.69) is 59.3 Å². The van der Waals surface area contributed by atoms with Crippen molar-refractivity contribution in [1.82, 2.24) is 15.1 Å². The van der Waals surface area contributed by atoms with Crippen molar-refractivity contribution in [1.29, 1.82) is 5.41 Å². The molecule has 0 aliphatic carbocycles. The summed E-state index contributed by atoms with van der Waals surface area (Å²) in [6.07, 6.45) is 2.56. The number of hydrogen-bond donors (Lipinski definition) is 2. The fourth-order valence-electron chi connectivity index (χ4n) is 5.02. The minimum absolute atomic E-state index is 0. The molecule has 3 aromatic carbocycles. The number of fused-ring (bicyclic) bond motifs is 2. The van der Waals surface area contributed by atoms with Crippen LogP contribution in [-0.2, 0) is 4.74 Å². The summed E-state index contributed by atoms with van der Waals surface area (Å²) in [5.74, 6) is 1.08. The predicted molar refractivity (Wildman–Crippen MR) is 152 cm³/mol. The smallest absolute Gasteiger partial charge is 0.213 e. The maximum Gasteiger partial charge on any atom is 0.213 e. The number of nitrogens with one attached hydrogen (secondary N) is 2. The number of aromatic amines is 1. The van der Waals surface area contributed by atoms with Gasteiger partial charge in [-0.15, -0.1) is 24.8 Å². The Labute approximate surface area is 224 Å². The lowest BCUT2D eigenvalue weighted by Crippen LogP contribution is -2.36. The molecule has 2 unspecified atom stereocenters. The van der Waals surface area contributed by atoms with Crippen LogP contribution in [0.4, 0.5) is 0 Å². The summed E-state index contributed by atoms with van der Waals surface area (Å²) in [4.78, 5) is 2.54. The summed E-state index contributed by atoms with van der Waals surface area (Å²) >= 11 is 0. The van der Waals surface area contributed by atoms with Gasteiger partial charge in [0, 0.05) is 35.1 Å². The first kappa shape index (κ1) is 27.8. The van der Waals surface area contributed by atoms with E-state index in [0.717, 1.165) is 50.8 Å². The topological polar surface area (TPSA) is 74.2 Å². The third kappa shape index (κ3) is 5.61. The second kappa shape index (κ2) is 12.0. The zero-order chi connectivity index (χ0) is 23.7. The van der Waals surface area contributed by atoms with Crippen LogP contribution in [0.15, 0.2) is 54.6 Å². The van der Waals surface area contributed by atoms with Gasteiger partial charge in [-0.05, 0) is 80.8 Å². The van der Waals surface area contributed by atoms with E-state index in [9.17, 15) is 0 Å². The molecule has 36 heavy (non-hydrogen) atoms. The molecule has 0 radical (unpaired) electrons. The summed E-state index contributed by atoms with van der Waals surface area (Å²) in [6, 6.07) is 19.7. The molecule has 2 atom stereocenters. The molecule has 8 heteroatoms. The van der Waals surface area contributed by atoms with Gasteiger partial charge in [-0.25, -0.2) is 0 Å². The Kier molecular flexibility index (Phi) is 9.23. The number of halogens is 2. The summed E-state index contributed by atoms with van der Waals surface area (Å²) < 4.78 is 11.5. The highest BCUT2D eigenvalue weighted by Gasteiger charge is 2.26. The lowest BCUT2D eigenvalue weighted by molar-refractivity contribution is 0.170. The number of benzene rings is 3. The van der Waals surface area contributed by atoms with E-state index >= 15 is 0 Å². The van der Waals surface area contributed by atoms with Crippen LogP contribution in [0.1, 0.15) is 39.2 Å². The Bertz CT molecular complexity index is 1330. The summed E-state index contributed by atoms with van der Waals surface area (Å²) in [6.45, 7) is 8.65. The molecule has 1 fully saturated rings. The lowest BCUT2D eigenvalue weighted by atomic mass is 10.0. The van der Waals surface area contributed by atoms with Gasteiger partial charge in [-0.3, -0.25) is 15.4 Å². The third-order valence-corrected chi connectivity index (χ3v) is 6.95.